The summed E-state index contributed by atoms with van der Waals surface area (Å²) in [6.07, 6.45) is 8.02. The normalized spacial score (nSPS) is 54.1. The fourth-order valence-corrected chi connectivity index (χ4v) is 10.7. The van der Waals surface area contributed by atoms with Gasteiger partial charge in [-0.1, -0.05) is 65.3 Å². The van der Waals surface area contributed by atoms with Crippen LogP contribution >= 0.6 is 0 Å². The van der Waals surface area contributed by atoms with Gasteiger partial charge in [0.2, 0.25) is 0 Å². The Kier molecular flexibility index (Phi) is 5.21. The molecular weight excluding hydrogens is 424 g/mol. The Morgan fingerprint density at radius 3 is 2.35 bits per heavy atom. The highest BCUT2D eigenvalue weighted by atomic mass is 16.4. The second-order valence-electron chi connectivity index (χ2n) is 14.2. The summed E-state index contributed by atoms with van der Waals surface area (Å²) < 4.78 is 0. The molecule has 0 spiro atoms. The number of fused-ring (bicyclic) bond motifs is 7. The topological polar surface area (TPSA) is 77.8 Å². The number of aliphatic hydroxyl groups excluding tert-OH is 2. The van der Waals surface area contributed by atoms with Gasteiger partial charge in [0.1, 0.15) is 0 Å². The van der Waals surface area contributed by atoms with Crippen LogP contribution in [-0.2, 0) is 4.79 Å². The standard InChI is InChI=1S/C30H46O4/c1-17-10-13-30(25(33)34)15-14-28(6)19(23(30)18(17)2)8-9-22-27(5)16-20(31)24(32)26(3,4)21(27)11-12-29(22,28)7/h8,18,20-24,31-32H,1,9-16H2,2-7H3,(H,33,34)/t18-,20+,21?,22+,23-,24+,27-,28+,29+,30-/m0/s1. The van der Waals surface area contributed by atoms with Crippen molar-refractivity contribution in [2.45, 2.75) is 105 Å². The van der Waals surface area contributed by atoms with Crippen molar-refractivity contribution >= 4 is 5.97 Å². The smallest absolute Gasteiger partial charge is 0.310 e. The van der Waals surface area contributed by atoms with Crippen molar-refractivity contribution in [3.05, 3.63) is 23.8 Å². The Labute approximate surface area is 205 Å². The highest BCUT2D eigenvalue weighted by Gasteiger charge is 2.70. The van der Waals surface area contributed by atoms with E-state index in [4.69, 9.17) is 0 Å². The van der Waals surface area contributed by atoms with Crippen LogP contribution < -0.4 is 0 Å². The molecule has 4 heteroatoms. The molecule has 3 N–H and O–H groups in total. The Morgan fingerprint density at radius 1 is 1.03 bits per heavy atom. The Bertz CT molecular complexity index is 949. The molecule has 0 aromatic heterocycles. The number of hydrogen-bond acceptors (Lipinski definition) is 3. The van der Waals surface area contributed by atoms with E-state index in [9.17, 15) is 20.1 Å². The van der Waals surface area contributed by atoms with Gasteiger partial charge in [-0.05, 0) is 90.8 Å². The van der Waals surface area contributed by atoms with Gasteiger partial charge in [-0.3, -0.25) is 4.79 Å². The zero-order valence-corrected chi connectivity index (χ0v) is 22.2. The van der Waals surface area contributed by atoms with Crippen molar-refractivity contribution in [1.82, 2.24) is 0 Å². The van der Waals surface area contributed by atoms with Gasteiger partial charge in [0, 0.05) is 5.92 Å². The molecule has 0 saturated heterocycles. The average Bonchev–Trinajstić information content (AvgIpc) is 2.75. The van der Waals surface area contributed by atoms with Gasteiger partial charge in [0.25, 0.3) is 0 Å². The molecule has 0 aromatic rings. The fraction of sp³-hybridized carbons (Fsp3) is 0.833. The van der Waals surface area contributed by atoms with Gasteiger partial charge in [0.15, 0.2) is 0 Å². The van der Waals surface area contributed by atoms with Crippen molar-refractivity contribution in [2.24, 2.45) is 50.7 Å². The average molecular weight is 471 g/mol. The number of aliphatic carboxylic acids is 1. The van der Waals surface area contributed by atoms with Crippen molar-refractivity contribution < 1.29 is 20.1 Å². The number of carbonyl (C=O) groups is 1. The molecule has 0 bridgehead atoms. The summed E-state index contributed by atoms with van der Waals surface area (Å²) >= 11 is 0. The molecule has 4 saturated carbocycles. The second-order valence-corrected chi connectivity index (χ2v) is 14.2. The predicted octanol–water partition coefficient (Wildman–Crippen LogP) is 5.98. The molecule has 0 aliphatic heterocycles. The molecule has 4 nitrogen and oxygen atoms in total. The van der Waals surface area contributed by atoms with E-state index in [2.05, 4.69) is 54.2 Å². The lowest BCUT2D eigenvalue weighted by atomic mass is 9.33. The quantitative estimate of drug-likeness (QED) is 0.412. The summed E-state index contributed by atoms with van der Waals surface area (Å²) in [4.78, 5) is 12.8. The molecule has 1 unspecified atom stereocenters. The zero-order valence-electron chi connectivity index (χ0n) is 22.2. The second kappa shape index (κ2) is 7.22. The first-order valence-electron chi connectivity index (χ1n) is 13.6. The van der Waals surface area contributed by atoms with E-state index >= 15 is 0 Å². The molecular formula is C30H46O4. The van der Waals surface area contributed by atoms with E-state index in [-0.39, 0.29) is 33.5 Å². The maximum absolute atomic E-state index is 12.8. The van der Waals surface area contributed by atoms with Crippen molar-refractivity contribution in [1.29, 1.82) is 0 Å². The summed E-state index contributed by atoms with van der Waals surface area (Å²) in [6.45, 7) is 18.2. The molecule has 0 radical (unpaired) electrons. The van der Waals surface area contributed by atoms with Crippen LogP contribution in [0.5, 0.6) is 0 Å². The number of carboxylic acid groups (broad SMARTS) is 1. The van der Waals surface area contributed by atoms with E-state index in [0.29, 0.717) is 24.7 Å². The molecule has 34 heavy (non-hydrogen) atoms. The van der Waals surface area contributed by atoms with Gasteiger partial charge >= 0.3 is 5.97 Å². The van der Waals surface area contributed by atoms with E-state index in [1.807, 2.05) is 0 Å². The summed E-state index contributed by atoms with van der Waals surface area (Å²) in [5.74, 6) is 0.379. The number of allylic oxidation sites excluding steroid dienone is 3. The highest BCUT2D eigenvalue weighted by Crippen LogP contribution is 2.75. The Hall–Kier alpha value is -1.13. The monoisotopic (exact) mass is 470 g/mol. The summed E-state index contributed by atoms with van der Waals surface area (Å²) in [5.41, 5.74) is 1.56. The van der Waals surface area contributed by atoms with E-state index in [1.165, 1.54) is 11.1 Å². The zero-order chi connectivity index (χ0) is 25.1. The van der Waals surface area contributed by atoms with E-state index in [0.717, 1.165) is 38.5 Å². The van der Waals surface area contributed by atoms with E-state index in [1.54, 1.807) is 0 Å². The number of aliphatic hydroxyl groups is 2. The molecule has 5 aliphatic rings. The lowest BCUT2D eigenvalue weighted by Gasteiger charge is -2.71. The molecule has 5 aliphatic carbocycles. The van der Waals surface area contributed by atoms with E-state index < -0.39 is 23.6 Å². The molecule has 4 fully saturated rings. The number of hydrogen-bond donors (Lipinski definition) is 3. The molecule has 0 aromatic carbocycles. The lowest BCUT2D eigenvalue weighted by molar-refractivity contribution is -0.231. The fourth-order valence-electron chi connectivity index (χ4n) is 10.7. The van der Waals surface area contributed by atoms with Crippen LogP contribution in [0, 0.1) is 50.7 Å². The third-order valence-corrected chi connectivity index (χ3v) is 12.9. The molecule has 0 heterocycles. The minimum Gasteiger partial charge on any atom is -0.481 e. The third-order valence-electron chi connectivity index (χ3n) is 12.9. The third kappa shape index (κ3) is 2.71. The van der Waals surface area contributed by atoms with Crippen molar-refractivity contribution in [3.8, 4) is 0 Å². The van der Waals surface area contributed by atoms with Gasteiger partial charge in [-0.2, -0.15) is 0 Å². The Balaban J connectivity index is 1.63. The van der Waals surface area contributed by atoms with Gasteiger partial charge in [-0.15, -0.1) is 0 Å². The van der Waals surface area contributed by atoms with Crippen LogP contribution in [0.2, 0.25) is 0 Å². The number of carboxylic acids is 1. The minimum absolute atomic E-state index is 0.0310. The summed E-state index contributed by atoms with van der Waals surface area (Å²) in [7, 11) is 0. The summed E-state index contributed by atoms with van der Waals surface area (Å²) in [6, 6.07) is 0. The van der Waals surface area contributed by atoms with Gasteiger partial charge in [-0.25, -0.2) is 0 Å². The van der Waals surface area contributed by atoms with Gasteiger partial charge < -0.3 is 15.3 Å². The van der Waals surface area contributed by atoms with Crippen LogP contribution in [0.4, 0.5) is 0 Å². The van der Waals surface area contributed by atoms with Crippen LogP contribution in [0.1, 0.15) is 92.9 Å². The highest BCUT2D eigenvalue weighted by molar-refractivity contribution is 5.77. The van der Waals surface area contributed by atoms with Gasteiger partial charge in [0.05, 0.1) is 17.6 Å². The maximum Gasteiger partial charge on any atom is 0.310 e. The molecule has 0 amide bonds. The molecule has 190 valence electrons. The maximum atomic E-state index is 12.8. The van der Waals surface area contributed by atoms with Crippen molar-refractivity contribution in [2.75, 3.05) is 0 Å². The first-order valence-corrected chi connectivity index (χ1v) is 13.6. The van der Waals surface area contributed by atoms with Crippen LogP contribution in [0.25, 0.3) is 0 Å². The van der Waals surface area contributed by atoms with Crippen LogP contribution in [-0.4, -0.2) is 33.5 Å². The minimum atomic E-state index is -0.690. The first kappa shape index (κ1) is 24.6. The predicted molar refractivity (Wildman–Crippen MR) is 134 cm³/mol. The summed E-state index contributed by atoms with van der Waals surface area (Å²) in [5, 5.41) is 32.4. The SMILES string of the molecule is C=C1CC[C@]2(C(=O)O)CC[C@]3(C)C(=CC[C@@H]4[C@@]5(C)C[C@@H](O)[C@@H](O)C(C)(C)C5CC[C@]43C)[C@@H]2[C@H]1C. The van der Waals surface area contributed by atoms with Crippen LogP contribution in [0.15, 0.2) is 23.8 Å². The molecule has 5 rings (SSSR count). The lowest BCUT2D eigenvalue weighted by Crippen LogP contribution is -2.67. The first-order chi connectivity index (χ1) is 15.7. The van der Waals surface area contributed by atoms with Crippen molar-refractivity contribution in [3.63, 3.8) is 0 Å². The largest absolute Gasteiger partial charge is 0.481 e. The number of rotatable bonds is 1. The molecule has 10 atom stereocenters. The van der Waals surface area contributed by atoms with Crippen LogP contribution in [0.3, 0.4) is 0 Å². The Morgan fingerprint density at radius 2 is 1.71 bits per heavy atom.